The minimum Gasteiger partial charge on any atom is -0.475 e. The van der Waals surface area contributed by atoms with E-state index in [4.69, 9.17) is 9.90 Å². The van der Waals surface area contributed by atoms with Crippen molar-refractivity contribution in [3.8, 4) is 0 Å². The van der Waals surface area contributed by atoms with Crippen molar-refractivity contribution in [2.45, 2.75) is 26.1 Å². The van der Waals surface area contributed by atoms with Crippen LogP contribution in [0.3, 0.4) is 0 Å². The molecule has 1 saturated heterocycles. The molecule has 2 rings (SSSR count). The number of aromatic nitrogens is 2. The molecule has 0 aromatic carbocycles. The van der Waals surface area contributed by atoms with Crippen LogP contribution in [-0.4, -0.2) is 52.9 Å². The number of rotatable bonds is 1. The number of carboxylic acid groups (broad SMARTS) is 1. The first-order valence-corrected chi connectivity index (χ1v) is 6.28. The van der Waals surface area contributed by atoms with E-state index in [2.05, 4.69) is 27.1 Å². The number of piperazine rings is 1. The van der Waals surface area contributed by atoms with E-state index in [0.717, 1.165) is 31.3 Å². The third-order valence-corrected chi connectivity index (χ3v) is 2.70. The van der Waals surface area contributed by atoms with E-state index in [9.17, 15) is 13.2 Å². The van der Waals surface area contributed by atoms with Gasteiger partial charge in [-0.15, -0.1) is 0 Å². The summed E-state index contributed by atoms with van der Waals surface area (Å²) in [4.78, 5) is 19.7. The lowest BCUT2D eigenvalue weighted by Gasteiger charge is -2.32. The molecule has 1 aliphatic rings. The second-order valence-electron chi connectivity index (χ2n) is 4.57. The first kappa shape index (κ1) is 17.2. The van der Waals surface area contributed by atoms with E-state index in [1.54, 1.807) is 0 Å². The lowest BCUT2D eigenvalue weighted by Crippen LogP contribution is -2.49. The molecule has 0 radical (unpaired) electrons. The van der Waals surface area contributed by atoms with Gasteiger partial charge in [-0.3, -0.25) is 0 Å². The number of carbonyl (C=O) groups is 1. The molecule has 9 heteroatoms. The highest BCUT2D eigenvalue weighted by Crippen LogP contribution is 2.13. The Morgan fingerprint density at radius 1 is 1.52 bits per heavy atom. The zero-order valence-corrected chi connectivity index (χ0v) is 11.7. The molecule has 1 aromatic rings. The minimum atomic E-state index is -5.08. The molecular weight excluding hydrogens is 289 g/mol. The normalized spacial score (nSPS) is 18.7. The highest BCUT2D eigenvalue weighted by molar-refractivity contribution is 5.73. The van der Waals surface area contributed by atoms with Gasteiger partial charge in [-0.2, -0.15) is 13.2 Å². The molecule has 118 valence electrons. The average Bonchev–Trinajstić information content (AvgIpc) is 2.38. The Morgan fingerprint density at radius 3 is 2.62 bits per heavy atom. The van der Waals surface area contributed by atoms with Crippen LogP contribution < -0.4 is 10.2 Å². The molecule has 0 saturated carbocycles. The summed E-state index contributed by atoms with van der Waals surface area (Å²) in [5, 5.41) is 10.5. The molecule has 0 bridgehead atoms. The molecule has 2 heterocycles. The topological polar surface area (TPSA) is 78.4 Å². The lowest BCUT2D eigenvalue weighted by molar-refractivity contribution is -0.192. The van der Waals surface area contributed by atoms with E-state index in [-0.39, 0.29) is 0 Å². The summed E-state index contributed by atoms with van der Waals surface area (Å²) in [6, 6.07) is 2.52. The Balaban J connectivity index is 0.000000270. The fourth-order valence-corrected chi connectivity index (χ4v) is 1.76. The summed E-state index contributed by atoms with van der Waals surface area (Å²) in [6.07, 6.45) is -3.26. The van der Waals surface area contributed by atoms with Gasteiger partial charge in [0.2, 0.25) is 0 Å². The second-order valence-corrected chi connectivity index (χ2v) is 4.57. The Hall–Kier alpha value is -1.90. The molecule has 21 heavy (non-hydrogen) atoms. The predicted molar refractivity (Wildman–Crippen MR) is 70.1 cm³/mol. The van der Waals surface area contributed by atoms with Crippen LogP contribution in [0.15, 0.2) is 12.3 Å². The quantitative estimate of drug-likeness (QED) is 0.812. The number of anilines is 1. The van der Waals surface area contributed by atoms with E-state index in [1.165, 1.54) is 0 Å². The zero-order chi connectivity index (χ0) is 16.0. The Labute approximate surface area is 120 Å². The maximum Gasteiger partial charge on any atom is 0.490 e. The number of nitrogens with one attached hydrogen (secondary N) is 1. The van der Waals surface area contributed by atoms with Crippen LogP contribution in [0.2, 0.25) is 0 Å². The largest absolute Gasteiger partial charge is 0.490 e. The molecule has 0 unspecified atom stereocenters. The number of alkyl halides is 3. The highest BCUT2D eigenvalue weighted by Gasteiger charge is 2.38. The zero-order valence-electron chi connectivity index (χ0n) is 11.7. The van der Waals surface area contributed by atoms with Crippen LogP contribution in [0.1, 0.15) is 12.7 Å². The number of nitrogens with zero attached hydrogens (tertiary/aromatic N) is 3. The standard InChI is InChI=1S/C10H16N4.C2HF3O2/c1-8-7-14(6-5-11-8)10-3-4-12-9(2)13-10;3-2(4,5)1(6)7/h3-4,8,11H,5-7H2,1-2H3;(H,6,7)/t8-;/m0./s1. The number of aliphatic carboxylic acids is 1. The highest BCUT2D eigenvalue weighted by atomic mass is 19.4. The summed E-state index contributed by atoms with van der Waals surface area (Å²) in [6.45, 7) is 7.21. The van der Waals surface area contributed by atoms with Gasteiger partial charge in [0.05, 0.1) is 0 Å². The van der Waals surface area contributed by atoms with Crippen LogP contribution in [-0.2, 0) is 4.79 Å². The molecule has 6 nitrogen and oxygen atoms in total. The van der Waals surface area contributed by atoms with Crippen LogP contribution >= 0.6 is 0 Å². The molecule has 1 aliphatic heterocycles. The number of halogens is 3. The average molecular weight is 306 g/mol. The van der Waals surface area contributed by atoms with Gasteiger partial charge in [0.1, 0.15) is 11.6 Å². The molecule has 0 aliphatic carbocycles. The van der Waals surface area contributed by atoms with Crippen molar-refractivity contribution in [3.63, 3.8) is 0 Å². The van der Waals surface area contributed by atoms with E-state index >= 15 is 0 Å². The summed E-state index contributed by atoms with van der Waals surface area (Å²) in [7, 11) is 0. The van der Waals surface area contributed by atoms with Gasteiger partial charge in [0.15, 0.2) is 0 Å². The third-order valence-electron chi connectivity index (χ3n) is 2.70. The maximum absolute atomic E-state index is 10.6. The van der Waals surface area contributed by atoms with Gasteiger partial charge in [-0.1, -0.05) is 0 Å². The molecular formula is C12H17F3N4O2. The molecule has 0 amide bonds. The molecule has 0 spiro atoms. The fraction of sp³-hybridized carbons (Fsp3) is 0.583. The smallest absolute Gasteiger partial charge is 0.475 e. The number of aryl methyl sites for hydroxylation is 1. The van der Waals surface area contributed by atoms with Crippen molar-refractivity contribution in [2.75, 3.05) is 24.5 Å². The molecule has 1 aromatic heterocycles. The molecule has 2 N–H and O–H groups in total. The van der Waals surface area contributed by atoms with E-state index in [0.29, 0.717) is 6.04 Å². The van der Waals surface area contributed by atoms with E-state index in [1.807, 2.05) is 19.2 Å². The maximum atomic E-state index is 10.6. The van der Waals surface area contributed by atoms with Crippen LogP contribution in [0.4, 0.5) is 19.0 Å². The molecule has 1 fully saturated rings. The van der Waals surface area contributed by atoms with Crippen molar-refractivity contribution < 1.29 is 23.1 Å². The van der Waals surface area contributed by atoms with Gasteiger partial charge in [0.25, 0.3) is 0 Å². The summed E-state index contributed by atoms with van der Waals surface area (Å²) in [5.41, 5.74) is 0. The number of hydrogen-bond donors (Lipinski definition) is 2. The lowest BCUT2D eigenvalue weighted by atomic mass is 10.2. The Bertz CT molecular complexity index is 482. The van der Waals surface area contributed by atoms with E-state index < -0.39 is 12.1 Å². The summed E-state index contributed by atoms with van der Waals surface area (Å²) in [5.74, 6) is -0.868. The molecule has 1 atom stereocenters. The van der Waals surface area contributed by atoms with Gasteiger partial charge < -0.3 is 15.3 Å². The van der Waals surface area contributed by atoms with Crippen molar-refractivity contribution >= 4 is 11.8 Å². The van der Waals surface area contributed by atoms with Gasteiger partial charge in [-0.05, 0) is 19.9 Å². The second kappa shape index (κ2) is 7.21. The van der Waals surface area contributed by atoms with Crippen molar-refractivity contribution in [1.29, 1.82) is 0 Å². The van der Waals surface area contributed by atoms with Gasteiger partial charge in [0, 0.05) is 31.9 Å². The SMILES string of the molecule is Cc1nccc(N2CCN[C@@H](C)C2)n1.O=C(O)C(F)(F)F. The summed E-state index contributed by atoms with van der Waals surface area (Å²) < 4.78 is 31.7. The van der Waals surface area contributed by atoms with Gasteiger partial charge >= 0.3 is 12.1 Å². The number of hydrogen-bond acceptors (Lipinski definition) is 5. The Kier molecular flexibility index (Phi) is 5.89. The van der Waals surface area contributed by atoms with Crippen molar-refractivity contribution in [3.05, 3.63) is 18.1 Å². The van der Waals surface area contributed by atoms with Crippen molar-refractivity contribution in [2.24, 2.45) is 0 Å². The van der Waals surface area contributed by atoms with Crippen LogP contribution in [0.25, 0.3) is 0 Å². The first-order chi connectivity index (χ1) is 9.70. The van der Waals surface area contributed by atoms with Crippen molar-refractivity contribution in [1.82, 2.24) is 15.3 Å². The first-order valence-electron chi connectivity index (χ1n) is 6.28. The monoisotopic (exact) mass is 306 g/mol. The Morgan fingerprint density at radius 2 is 2.14 bits per heavy atom. The number of carboxylic acids is 1. The van der Waals surface area contributed by atoms with Crippen LogP contribution in [0, 0.1) is 6.92 Å². The third kappa shape index (κ3) is 5.94. The predicted octanol–water partition coefficient (Wildman–Crippen LogP) is 1.22. The summed E-state index contributed by atoms with van der Waals surface area (Å²) >= 11 is 0. The van der Waals surface area contributed by atoms with Crippen LogP contribution in [0.5, 0.6) is 0 Å². The fourth-order valence-electron chi connectivity index (χ4n) is 1.76. The minimum absolute atomic E-state index is 0.541. The van der Waals surface area contributed by atoms with Gasteiger partial charge in [-0.25, -0.2) is 14.8 Å².